The Morgan fingerprint density at radius 2 is 1.96 bits per heavy atom. The fraction of sp³-hybridized carbons (Fsp3) is 0.190. The normalized spacial score (nSPS) is 11.6. The van der Waals surface area contributed by atoms with Crippen LogP contribution in [0, 0.1) is 6.92 Å². The first-order valence-electron chi connectivity index (χ1n) is 8.72. The molecule has 0 radical (unpaired) electrons. The average molecular weight is 413 g/mol. The number of pyridine rings is 1. The molecular weight excluding hydrogens is 392 g/mol. The summed E-state index contributed by atoms with van der Waals surface area (Å²) in [5, 5.41) is 5.32. The Balaban J connectivity index is 1.59. The number of benzene rings is 1. The molecule has 0 aliphatic carbocycles. The highest BCUT2D eigenvalue weighted by atomic mass is 32.2. The zero-order chi connectivity index (χ0) is 19.9. The number of hydrogen-bond acceptors (Lipinski definition) is 6. The van der Waals surface area contributed by atoms with E-state index < -0.39 is 5.97 Å². The van der Waals surface area contributed by atoms with Crippen LogP contribution >= 0.6 is 23.1 Å². The number of amides is 1. The van der Waals surface area contributed by atoms with Crippen molar-refractivity contribution in [1.82, 2.24) is 10.3 Å². The van der Waals surface area contributed by atoms with Crippen LogP contribution in [0.5, 0.6) is 0 Å². The van der Waals surface area contributed by atoms with Crippen LogP contribution in [0.15, 0.2) is 70.0 Å². The molecule has 2 heterocycles. The number of nitrogens with one attached hydrogen (secondary N) is 1. The molecule has 3 aromatic rings. The molecule has 0 aliphatic heterocycles. The van der Waals surface area contributed by atoms with Gasteiger partial charge >= 0.3 is 5.97 Å². The second-order valence-electron chi connectivity index (χ2n) is 6.15. The van der Waals surface area contributed by atoms with E-state index in [2.05, 4.69) is 10.3 Å². The lowest BCUT2D eigenvalue weighted by Crippen LogP contribution is -2.30. The Bertz CT molecular complexity index is 941. The van der Waals surface area contributed by atoms with Crippen molar-refractivity contribution in [3.05, 3.63) is 76.1 Å². The first-order chi connectivity index (χ1) is 13.5. The van der Waals surface area contributed by atoms with Crippen molar-refractivity contribution in [1.29, 1.82) is 0 Å². The van der Waals surface area contributed by atoms with E-state index in [-0.39, 0.29) is 18.6 Å². The highest BCUT2D eigenvalue weighted by Gasteiger charge is 2.17. The number of carbonyl (C=O) groups is 2. The molecule has 1 amide bonds. The number of aryl methyl sites for hydroxylation is 1. The number of rotatable bonds is 7. The van der Waals surface area contributed by atoms with Gasteiger partial charge in [0.2, 0.25) is 0 Å². The van der Waals surface area contributed by atoms with Gasteiger partial charge < -0.3 is 10.1 Å². The summed E-state index contributed by atoms with van der Waals surface area (Å²) in [7, 11) is 0. The molecule has 1 atom stereocenters. The first kappa shape index (κ1) is 20.1. The van der Waals surface area contributed by atoms with Crippen LogP contribution in [0.4, 0.5) is 0 Å². The monoisotopic (exact) mass is 412 g/mol. The van der Waals surface area contributed by atoms with Crippen LogP contribution in [0.2, 0.25) is 0 Å². The summed E-state index contributed by atoms with van der Waals surface area (Å²) in [6.07, 6.45) is 1.63. The van der Waals surface area contributed by atoms with Gasteiger partial charge in [-0.2, -0.15) is 0 Å². The van der Waals surface area contributed by atoms with Crippen molar-refractivity contribution in [2.75, 3.05) is 6.61 Å². The topological polar surface area (TPSA) is 68.3 Å². The Kier molecular flexibility index (Phi) is 6.84. The average Bonchev–Trinajstić information content (AvgIpc) is 3.23. The Morgan fingerprint density at radius 3 is 2.68 bits per heavy atom. The highest BCUT2D eigenvalue weighted by Crippen LogP contribution is 2.29. The van der Waals surface area contributed by atoms with Crippen LogP contribution in [-0.4, -0.2) is 23.5 Å². The largest absolute Gasteiger partial charge is 0.452 e. The van der Waals surface area contributed by atoms with Crippen LogP contribution in [-0.2, 0) is 9.53 Å². The van der Waals surface area contributed by atoms with Crippen LogP contribution in [0.3, 0.4) is 0 Å². The summed E-state index contributed by atoms with van der Waals surface area (Å²) < 4.78 is 5.20. The summed E-state index contributed by atoms with van der Waals surface area (Å²) in [5.74, 6) is -0.910. The minimum Gasteiger partial charge on any atom is -0.452 e. The van der Waals surface area contributed by atoms with Gasteiger partial charge in [-0.3, -0.25) is 4.79 Å². The van der Waals surface area contributed by atoms with Gasteiger partial charge in [-0.25, -0.2) is 9.78 Å². The molecule has 7 heteroatoms. The molecule has 5 nitrogen and oxygen atoms in total. The number of ether oxygens (including phenoxy) is 1. The maximum Gasteiger partial charge on any atom is 0.341 e. The molecule has 0 saturated carbocycles. The second-order valence-corrected chi connectivity index (χ2v) is 8.19. The lowest BCUT2D eigenvalue weighted by molar-refractivity contribution is -0.124. The van der Waals surface area contributed by atoms with Gasteiger partial charge in [0.1, 0.15) is 5.03 Å². The van der Waals surface area contributed by atoms with E-state index in [0.717, 1.165) is 15.3 Å². The molecule has 3 rings (SSSR count). The third-order valence-corrected chi connectivity index (χ3v) is 5.99. The minimum atomic E-state index is -0.568. The van der Waals surface area contributed by atoms with E-state index >= 15 is 0 Å². The van der Waals surface area contributed by atoms with Gasteiger partial charge in [-0.1, -0.05) is 35.5 Å². The molecule has 0 spiro atoms. The Morgan fingerprint density at radius 1 is 1.18 bits per heavy atom. The Hall–Kier alpha value is -2.64. The predicted molar refractivity (Wildman–Crippen MR) is 111 cm³/mol. The zero-order valence-corrected chi connectivity index (χ0v) is 17.2. The molecule has 0 bridgehead atoms. The van der Waals surface area contributed by atoms with E-state index in [0.29, 0.717) is 10.6 Å². The lowest BCUT2D eigenvalue weighted by Gasteiger charge is -2.13. The summed E-state index contributed by atoms with van der Waals surface area (Å²) in [5.41, 5.74) is 1.50. The third kappa shape index (κ3) is 5.43. The molecule has 28 heavy (non-hydrogen) atoms. The van der Waals surface area contributed by atoms with Crippen molar-refractivity contribution >= 4 is 35.0 Å². The number of hydrogen-bond donors (Lipinski definition) is 1. The lowest BCUT2D eigenvalue weighted by atomic mass is 10.2. The molecule has 1 aromatic carbocycles. The number of esters is 1. The van der Waals surface area contributed by atoms with Crippen LogP contribution < -0.4 is 5.32 Å². The van der Waals surface area contributed by atoms with E-state index in [1.807, 2.05) is 55.6 Å². The van der Waals surface area contributed by atoms with Crippen molar-refractivity contribution in [3.63, 3.8) is 0 Å². The molecule has 0 saturated heterocycles. The highest BCUT2D eigenvalue weighted by molar-refractivity contribution is 7.99. The predicted octanol–water partition coefficient (Wildman–Crippen LogP) is 4.64. The van der Waals surface area contributed by atoms with E-state index in [4.69, 9.17) is 4.74 Å². The third-order valence-electron chi connectivity index (χ3n) is 3.91. The van der Waals surface area contributed by atoms with E-state index in [1.54, 1.807) is 29.7 Å². The van der Waals surface area contributed by atoms with E-state index in [9.17, 15) is 9.59 Å². The molecule has 1 N–H and O–H groups in total. The summed E-state index contributed by atoms with van der Waals surface area (Å²) >= 11 is 2.95. The van der Waals surface area contributed by atoms with Crippen molar-refractivity contribution in [2.45, 2.75) is 29.8 Å². The second kappa shape index (κ2) is 9.52. The number of nitrogens with zero attached hydrogens (tertiary/aromatic N) is 1. The molecule has 0 unspecified atom stereocenters. The zero-order valence-electron chi connectivity index (χ0n) is 15.5. The fourth-order valence-corrected chi connectivity index (χ4v) is 4.05. The summed E-state index contributed by atoms with van der Waals surface area (Å²) in [4.78, 5) is 30.9. The molecule has 2 aromatic heterocycles. The number of aromatic nitrogens is 1. The smallest absolute Gasteiger partial charge is 0.341 e. The molecular formula is C21H20N2O3S2. The summed E-state index contributed by atoms with van der Waals surface area (Å²) in [6.45, 7) is 3.57. The summed E-state index contributed by atoms with van der Waals surface area (Å²) in [6, 6.07) is 15.0. The van der Waals surface area contributed by atoms with Gasteiger partial charge in [-0.15, -0.1) is 11.3 Å². The Labute approximate surface area is 172 Å². The quantitative estimate of drug-likeness (QED) is 0.573. The van der Waals surface area contributed by atoms with Gasteiger partial charge in [0.15, 0.2) is 6.61 Å². The minimum absolute atomic E-state index is 0.128. The maximum atomic E-state index is 12.5. The van der Waals surface area contributed by atoms with Crippen molar-refractivity contribution in [3.8, 4) is 0 Å². The standard InChI is InChI=1S/C21H20N2O3S2/c1-14-7-9-16(10-8-14)28-20-17(5-3-11-22-20)21(25)26-13-19(24)23-15(2)18-6-4-12-27-18/h3-12,15H,13H2,1-2H3,(H,23,24)/t15-/m0/s1. The van der Waals surface area contributed by atoms with Crippen molar-refractivity contribution < 1.29 is 14.3 Å². The van der Waals surface area contributed by atoms with Gasteiger partial charge in [0.25, 0.3) is 5.91 Å². The fourth-order valence-electron chi connectivity index (χ4n) is 2.45. The number of carbonyl (C=O) groups excluding carboxylic acids is 2. The van der Waals surface area contributed by atoms with Gasteiger partial charge in [0.05, 0.1) is 11.6 Å². The first-order valence-corrected chi connectivity index (χ1v) is 10.4. The molecule has 0 aliphatic rings. The van der Waals surface area contributed by atoms with Crippen LogP contribution in [0.1, 0.15) is 33.8 Å². The molecule has 144 valence electrons. The number of thiophene rings is 1. The maximum absolute atomic E-state index is 12.5. The van der Waals surface area contributed by atoms with Crippen LogP contribution in [0.25, 0.3) is 0 Å². The van der Waals surface area contributed by atoms with Gasteiger partial charge in [-0.05, 0) is 49.6 Å². The molecule has 0 fully saturated rings. The van der Waals surface area contributed by atoms with Crippen molar-refractivity contribution in [2.24, 2.45) is 0 Å². The van der Waals surface area contributed by atoms with E-state index in [1.165, 1.54) is 11.8 Å². The van der Waals surface area contributed by atoms with Gasteiger partial charge in [0, 0.05) is 16.0 Å². The SMILES string of the molecule is Cc1ccc(Sc2ncccc2C(=O)OCC(=O)N[C@@H](C)c2cccs2)cc1.